The lowest BCUT2D eigenvalue weighted by Gasteiger charge is -2.06. The third-order valence-electron chi connectivity index (χ3n) is 2.67. The predicted octanol–water partition coefficient (Wildman–Crippen LogP) is 1.13. The van der Waals surface area contributed by atoms with Crippen molar-refractivity contribution in [3.8, 4) is 0 Å². The van der Waals surface area contributed by atoms with Gasteiger partial charge in [0.05, 0.1) is 17.0 Å². The van der Waals surface area contributed by atoms with Gasteiger partial charge in [-0.1, -0.05) is 0 Å². The van der Waals surface area contributed by atoms with E-state index in [-0.39, 0.29) is 12.2 Å². The average molecular weight is 331 g/mol. The van der Waals surface area contributed by atoms with Gasteiger partial charge in [0, 0.05) is 0 Å². The van der Waals surface area contributed by atoms with Crippen LogP contribution in [0.1, 0.15) is 10.4 Å². The van der Waals surface area contributed by atoms with Gasteiger partial charge in [-0.3, -0.25) is 0 Å². The smallest absolute Gasteiger partial charge is 0.341 e. The van der Waals surface area contributed by atoms with Crippen LogP contribution in [0.4, 0.5) is 8.78 Å². The molecule has 0 radical (unpaired) electrons. The zero-order valence-corrected chi connectivity index (χ0v) is 11.9. The number of alkyl halides is 2. The van der Waals surface area contributed by atoms with Crippen LogP contribution < -0.4 is 0 Å². The third kappa shape index (κ3) is 3.64. The lowest BCUT2D eigenvalue weighted by Crippen LogP contribution is -2.13. The van der Waals surface area contributed by atoms with E-state index in [0.29, 0.717) is 6.54 Å². The molecule has 1 heterocycles. The molecule has 0 unspecified atom stereocenters. The molecule has 0 fully saturated rings. The normalized spacial score (nSPS) is 11.6. The monoisotopic (exact) mass is 331 g/mol. The van der Waals surface area contributed by atoms with Gasteiger partial charge >= 0.3 is 11.7 Å². The Balaban J connectivity index is 1.96. The molecule has 1 aromatic carbocycles. The second-order valence-corrected chi connectivity index (χ2v) is 6.04. The molecular formula is C12H11F2N3O4S. The van der Waals surface area contributed by atoms with E-state index in [0.717, 1.165) is 24.3 Å². The van der Waals surface area contributed by atoms with Crippen molar-refractivity contribution in [2.75, 3.05) is 6.61 Å². The summed E-state index contributed by atoms with van der Waals surface area (Å²) in [6.45, 7) is 0.350. The minimum atomic E-state index is -4.67. The Kier molecular flexibility index (Phi) is 4.81. The lowest BCUT2D eigenvalue weighted by atomic mass is 10.2. The SMILES string of the molecule is O=C(OCCn1cncn1)c1ccc(S(=O)(=O)C(F)F)cc1. The number of rotatable bonds is 6. The van der Waals surface area contributed by atoms with Crippen molar-refractivity contribution in [2.45, 2.75) is 17.2 Å². The zero-order valence-electron chi connectivity index (χ0n) is 11.1. The molecule has 1 aromatic heterocycles. The summed E-state index contributed by atoms with van der Waals surface area (Å²) in [4.78, 5) is 14.9. The largest absolute Gasteiger partial charge is 0.460 e. The zero-order chi connectivity index (χ0) is 16.2. The number of hydrogen-bond donors (Lipinski definition) is 0. The first kappa shape index (κ1) is 16.0. The fourth-order valence-corrected chi connectivity index (χ4v) is 2.27. The Labute approximate surface area is 124 Å². The number of aromatic nitrogens is 3. The molecule has 0 saturated heterocycles. The molecule has 0 amide bonds. The number of carbonyl (C=O) groups is 1. The summed E-state index contributed by atoms with van der Waals surface area (Å²) in [5.74, 6) is -4.20. The van der Waals surface area contributed by atoms with Gasteiger partial charge < -0.3 is 4.74 Å². The molecule has 0 aliphatic heterocycles. The molecule has 0 N–H and O–H groups in total. The van der Waals surface area contributed by atoms with E-state index in [2.05, 4.69) is 10.1 Å². The van der Waals surface area contributed by atoms with Gasteiger partial charge in [-0.25, -0.2) is 22.9 Å². The second-order valence-electron chi connectivity index (χ2n) is 4.12. The number of ether oxygens (including phenoxy) is 1. The maximum absolute atomic E-state index is 12.4. The van der Waals surface area contributed by atoms with E-state index < -0.39 is 26.5 Å². The first-order chi connectivity index (χ1) is 10.4. The van der Waals surface area contributed by atoms with Crippen molar-refractivity contribution in [1.29, 1.82) is 0 Å². The molecule has 0 atom stereocenters. The van der Waals surface area contributed by atoms with Crippen molar-refractivity contribution < 1.29 is 26.7 Å². The molecule has 2 aromatic rings. The summed E-state index contributed by atoms with van der Waals surface area (Å²) in [6.07, 6.45) is 2.79. The number of esters is 1. The number of carbonyl (C=O) groups excluding carboxylic acids is 1. The van der Waals surface area contributed by atoms with Gasteiger partial charge in [0.1, 0.15) is 19.3 Å². The molecule has 2 rings (SSSR count). The Morgan fingerprint density at radius 1 is 1.27 bits per heavy atom. The van der Waals surface area contributed by atoms with Gasteiger partial charge in [-0.15, -0.1) is 0 Å². The quantitative estimate of drug-likeness (QED) is 0.737. The average Bonchev–Trinajstić information content (AvgIpc) is 3.00. The van der Waals surface area contributed by atoms with Gasteiger partial charge in [-0.05, 0) is 24.3 Å². The minimum Gasteiger partial charge on any atom is -0.460 e. The van der Waals surface area contributed by atoms with Crippen LogP contribution in [0.15, 0.2) is 41.8 Å². The maximum atomic E-state index is 12.4. The van der Waals surface area contributed by atoms with Crippen LogP contribution in [-0.2, 0) is 21.1 Å². The van der Waals surface area contributed by atoms with Crippen molar-refractivity contribution >= 4 is 15.8 Å². The van der Waals surface area contributed by atoms with Gasteiger partial charge in [0.25, 0.3) is 0 Å². The molecule has 118 valence electrons. The van der Waals surface area contributed by atoms with Crippen LogP contribution in [0.2, 0.25) is 0 Å². The second kappa shape index (κ2) is 6.60. The third-order valence-corrected chi connectivity index (χ3v) is 4.07. The van der Waals surface area contributed by atoms with E-state index in [1.165, 1.54) is 17.3 Å². The molecule has 0 aliphatic carbocycles. The summed E-state index contributed by atoms with van der Waals surface area (Å²) in [7, 11) is -4.67. The van der Waals surface area contributed by atoms with Crippen molar-refractivity contribution in [3.05, 3.63) is 42.5 Å². The topological polar surface area (TPSA) is 91.2 Å². The molecule has 10 heteroatoms. The van der Waals surface area contributed by atoms with Crippen LogP contribution in [-0.4, -0.2) is 41.5 Å². The highest BCUT2D eigenvalue weighted by Gasteiger charge is 2.26. The molecule has 0 saturated carbocycles. The molecule has 0 bridgehead atoms. The van der Waals surface area contributed by atoms with Crippen LogP contribution in [0.5, 0.6) is 0 Å². The van der Waals surface area contributed by atoms with E-state index in [1.807, 2.05) is 0 Å². The van der Waals surface area contributed by atoms with E-state index >= 15 is 0 Å². The van der Waals surface area contributed by atoms with Gasteiger partial charge in [0.2, 0.25) is 9.84 Å². The molecule has 7 nitrogen and oxygen atoms in total. The van der Waals surface area contributed by atoms with Crippen LogP contribution >= 0.6 is 0 Å². The highest BCUT2D eigenvalue weighted by Crippen LogP contribution is 2.18. The molecule has 0 aliphatic rings. The van der Waals surface area contributed by atoms with Crippen molar-refractivity contribution in [1.82, 2.24) is 14.8 Å². The summed E-state index contributed by atoms with van der Waals surface area (Å²) in [6, 6.07) is 4.12. The van der Waals surface area contributed by atoms with Crippen molar-refractivity contribution in [2.24, 2.45) is 0 Å². The van der Waals surface area contributed by atoms with Gasteiger partial charge in [0.15, 0.2) is 0 Å². The highest BCUT2D eigenvalue weighted by atomic mass is 32.2. The lowest BCUT2D eigenvalue weighted by molar-refractivity contribution is 0.0487. The maximum Gasteiger partial charge on any atom is 0.341 e. The number of nitrogens with zero attached hydrogens (tertiary/aromatic N) is 3. The number of halogens is 2. The van der Waals surface area contributed by atoms with Crippen LogP contribution in [0.3, 0.4) is 0 Å². The first-order valence-electron chi connectivity index (χ1n) is 6.03. The molecule has 0 spiro atoms. The first-order valence-corrected chi connectivity index (χ1v) is 7.57. The van der Waals surface area contributed by atoms with Crippen LogP contribution in [0, 0.1) is 0 Å². The summed E-state index contributed by atoms with van der Waals surface area (Å²) in [5.41, 5.74) is 0.0619. The number of sulfone groups is 1. The minimum absolute atomic E-state index is 0.0409. The Morgan fingerprint density at radius 2 is 1.95 bits per heavy atom. The van der Waals surface area contributed by atoms with Gasteiger partial charge in [-0.2, -0.15) is 13.9 Å². The predicted molar refractivity (Wildman–Crippen MR) is 69.9 cm³/mol. The molecular weight excluding hydrogens is 320 g/mol. The van der Waals surface area contributed by atoms with E-state index in [4.69, 9.17) is 4.74 Å². The Morgan fingerprint density at radius 3 is 2.50 bits per heavy atom. The number of benzene rings is 1. The summed E-state index contributed by atoms with van der Waals surface area (Å²) in [5, 5.41) is 3.82. The summed E-state index contributed by atoms with van der Waals surface area (Å²) >= 11 is 0. The highest BCUT2D eigenvalue weighted by molar-refractivity contribution is 7.91. The number of hydrogen-bond acceptors (Lipinski definition) is 6. The standard InChI is InChI=1S/C12H11F2N3O4S/c13-12(14)22(19,20)10-3-1-9(2-4-10)11(18)21-6-5-17-8-15-7-16-17/h1-4,7-8,12H,5-6H2. The fourth-order valence-electron chi connectivity index (χ4n) is 1.55. The Bertz CT molecular complexity index is 730. The van der Waals surface area contributed by atoms with Crippen LogP contribution in [0.25, 0.3) is 0 Å². The van der Waals surface area contributed by atoms with E-state index in [1.54, 1.807) is 0 Å². The van der Waals surface area contributed by atoms with Crippen molar-refractivity contribution in [3.63, 3.8) is 0 Å². The van der Waals surface area contributed by atoms with E-state index in [9.17, 15) is 22.0 Å². The summed E-state index contributed by atoms with van der Waals surface area (Å²) < 4.78 is 53.6. The molecule has 22 heavy (non-hydrogen) atoms. The Hall–Kier alpha value is -2.36. The fraction of sp³-hybridized carbons (Fsp3) is 0.250.